The lowest BCUT2D eigenvalue weighted by atomic mass is 9.77. The second kappa shape index (κ2) is 7.20. The van der Waals surface area contributed by atoms with E-state index in [4.69, 9.17) is 0 Å². The van der Waals surface area contributed by atoms with Gasteiger partial charge in [0.25, 0.3) is 0 Å². The SMILES string of the molecule is CCCSCC(NC)c1ccccc1C1CCC1. The smallest absolute Gasteiger partial charge is 0.0412 e. The third kappa shape index (κ3) is 3.30. The van der Waals surface area contributed by atoms with Crippen molar-refractivity contribution in [2.45, 2.75) is 44.6 Å². The molecule has 0 aliphatic heterocycles. The molecule has 2 heteroatoms. The molecule has 1 saturated carbocycles. The summed E-state index contributed by atoms with van der Waals surface area (Å²) in [6, 6.07) is 9.56. The van der Waals surface area contributed by atoms with E-state index in [0.29, 0.717) is 6.04 Å². The predicted molar refractivity (Wildman–Crippen MR) is 82.5 cm³/mol. The number of hydrogen-bond donors (Lipinski definition) is 1. The molecule has 1 atom stereocenters. The van der Waals surface area contributed by atoms with Crippen LogP contribution in [0.25, 0.3) is 0 Å². The van der Waals surface area contributed by atoms with Crippen molar-refractivity contribution in [3.63, 3.8) is 0 Å². The van der Waals surface area contributed by atoms with Crippen LogP contribution >= 0.6 is 11.8 Å². The molecule has 100 valence electrons. The number of hydrogen-bond acceptors (Lipinski definition) is 2. The Morgan fingerprint density at radius 3 is 2.72 bits per heavy atom. The van der Waals surface area contributed by atoms with Gasteiger partial charge in [0.2, 0.25) is 0 Å². The van der Waals surface area contributed by atoms with Crippen molar-refractivity contribution in [2.75, 3.05) is 18.6 Å². The summed E-state index contributed by atoms with van der Waals surface area (Å²) in [4.78, 5) is 0. The van der Waals surface area contributed by atoms with Crippen LogP contribution in [0.4, 0.5) is 0 Å². The summed E-state index contributed by atoms with van der Waals surface area (Å²) in [6.45, 7) is 2.25. The molecule has 2 rings (SSSR count). The van der Waals surface area contributed by atoms with E-state index in [1.807, 2.05) is 0 Å². The monoisotopic (exact) mass is 263 g/mol. The molecule has 0 heterocycles. The lowest BCUT2D eigenvalue weighted by molar-refractivity contribution is 0.414. The van der Waals surface area contributed by atoms with Gasteiger partial charge < -0.3 is 5.32 Å². The maximum absolute atomic E-state index is 3.50. The number of nitrogens with one attached hydrogen (secondary N) is 1. The summed E-state index contributed by atoms with van der Waals surface area (Å²) in [5.74, 6) is 3.28. The summed E-state index contributed by atoms with van der Waals surface area (Å²) in [6.07, 6.45) is 5.45. The van der Waals surface area contributed by atoms with Crippen LogP contribution in [0.3, 0.4) is 0 Å². The van der Waals surface area contributed by atoms with Crippen molar-refractivity contribution in [2.24, 2.45) is 0 Å². The van der Waals surface area contributed by atoms with Crippen LogP contribution in [0, 0.1) is 0 Å². The number of rotatable bonds is 7. The van der Waals surface area contributed by atoms with Gasteiger partial charge in [-0.2, -0.15) is 11.8 Å². The maximum atomic E-state index is 3.50. The minimum absolute atomic E-state index is 0.512. The van der Waals surface area contributed by atoms with Crippen LogP contribution in [0.15, 0.2) is 24.3 Å². The van der Waals surface area contributed by atoms with Crippen molar-refractivity contribution >= 4 is 11.8 Å². The minimum Gasteiger partial charge on any atom is -0.312 e. The topological polar surface area (TPSA) is 12.0 Å². The molecule has 0 bridgehead atoms. The first-order chi connectivity index (χ1) is 8.86. The summed E-state index contributed by atoms with van der Waals surface area (Å²) in [5, 5.41) is 3.50. The van der Waals surface area contributed by atoms with Gasteiger partial charge in [-0.3, -0.25) is 0 Å². The first-order valence-electron chi connectivity index (χ1n) is 7.20. The van der Waals surface area contributed by atoms with E-state index in [1.54, 1.807) is 5.56 Å². The Hall–Kier alpha value is -0.470. The van der Waals surface area contributed by atoms with Crippen molar-refractivity contribution in [1.29, 1.82) is 0 Å². The van der Waals surface area contributed by atoms with Crippen LogP contribution in [0.1, 0.15) is 55.7 Å². The van der Waals surface area contributed by atoms with Crippen molar-refractivity contribution in [1.82, 2.24) is 5.32 Å². The highest BCUT2D eigenvalue weighted by molar-refractivity contribution is 7.99. The Morgan fingerprint density at radius 2 is 2.11 bits per heavy atom. The molecule has 0 aromatic heterocycles. The Balaban J connectivity index is 2.08. The molecule has 1 aliphatic carbocycles. The lowest BCUT2D eigenvalue weighted by Gasteiger charge is -2.30. The molecule has 18 heavy (non-hydrogen) atoms. The largest absolute Gasteiger partial charge is 0.312 e. The molecule has 1 nitrogen and oxygen atoms in total. The number of thioether (sulfide) groups is 1. The molecule has 0 spiro atoms. The third-order valence-corrected chi connectivity index (χ3v) is 5.16. The molecule has 1 N–H and O–H groups in total. The van der Waals surface area contributed by atoms with E-state index in [9.17, 15) is 0 Å². The van der Waals surface area contributed by atoms with Crippen LogP contribution in [0.5, 0.6) is 0 Å². The molecular weight excluding hydrogens is 238 g/mol. The molecular formula is C16H25NS. The average molecular weight is 263 g/mol. The van der Waals surface area contributed by atoms with Gasteiger partial charge in [-0.1, -0.05) is 37.6 Å². The van der Waals surface area contributed by atoms with Gasteiger partial charge in [0.15, 0.2) is 0 Å². The fraction of sp³-hybridized carbons (Fsp3) is 0.625. The zero-order valence-electron chi connectivity index (χ0n) is 11.6. The van der Waals surface area contributed by atoms with Crippen molar-refractivity contribution in [3.05, 3.63) is 35.4 Å². The molecule has 0 saturated heterocycles. The highest BCUT2D eigenvalue weighted by Gasteiger charge is 2.24. The van der Waals surface area contributed by atoms with E-state index in [1.165, 1.54) is 42.8 Å². The van der Waals surface area contributed by atoms with Crippen LogP contribution in [-0.4, -0.2) is 18.6 Å². The molecule has 1 aromatic carbocycles. The van der Waals surface area contributed by atoms with E-state index >= 15 is 0 Å². The zero-order valence-corrected chi connectivity index (χ0v) is 12.4. The molecule has 0 radical (unpaired) electrons. The fourth-order valence-corrected chi connectivity index (χ4v) is 3.63. The highest BCUT2D eigenvalue weighted by atomic mass is 32.2. The Labute approximate surface area is 116 Å². The zero-order chi connectivity index (χ0) is 12.8. The minimum atomic E-state index is 0.512. The van der Waals surface area contributed by atoms with Gasteiger partial charge in [-0.25, -0.2) is 0 Å². The summed E-state index contributed by atoms with van der Waals surface area (Å²) < 4.78 is 0. The van der Waals surface area contributed by atoms with Crippen LogP contribution in [0.2, 0.25) is 0 Å². The fourth-order valence-electron chi connectivity index (χ4n) is 2.59. The maximum Gasteiger partial charge on any atom is 0.0412 e. The summed E-state index contributed by atoms with van der Waals surface area (Å²) >= 11 is 2.06. The Morgan fingerprint density at radius 1 is 1.33 bits per heavy atom. The first-order valence-corrected chi connectivity index (χ1v) is 8.36. The predicted octanol–water partition coefficient (Wildman–Crippen LogP) is 4.36. The van der Waals surface area contributed by atoms with Crippen molar-refractivity contribution < 1.29 is 0 Å². The highest BCUT2D eigenvalue weighted by Crippen LogP contribution is 2.39. The van der Waals surface area contributed by atoms with Crippen LogP contribution in [-0.2, 0) is 0 Å². The van der Waals surface area contributed by atoms with E-state index in [0.717, 1.165) is 5.92 Å². The second-order valence-corrected chi connectivity index (χ2v) is 6.32. The van der Waals surface area contributed by atoms with Gasteiger partial charge in [-0.05, 0) is 49.1 Å². The lowest BCUT2D eigenvalue weighted by Crippen LogP contribution is -2.22. The van der Waals surface area contributed by atoms with Gasteiger partial charge in [0.05, 0.1) is 0 Å². The third-order valence-electron chi connectivity index (χ3n) is 3.90. The number of benzene rings is 1. The standard InChI is InChI=1S/C16H25NS/c1-3-11-18-12-16(17-2)15-10-5-4-9-14(15)13-7-6-8-13/h4-5,9-10,13,16-17H,3,6-8,11-12H2,1-2H3. The molecule has 0 amide bonds. The second-order valence-electron chi connectivity index (χ2n) is 5.17. The normalized spacial score (nSPS) is 17.4. The molecule has 1 aromatic rings. The molecule has 1 unspecified atom stereocenters. The van der Waals surface area contributed by atoms with E-state index in [2.05, 4.69) is 55.3 Å². The van der Waals surface area contributed by atoms with Crippen molar-refractivity contribution in [3.8, 4) is 0 Å². The van der Waals surface area contributed by atoms with E-state index in [-0.39, 0.29) is 0 Å². The molecule has 1 aliphatic rings. The molecule has 1 fully saturated rings. The summed E-state index contributed by atoms with van der Waals surface area (Å²) in [5.41, 5.74) is 3.13. The van der Waals surface area contributed by atoms with Gasteiger partial charge in [0, 0.05) is 11.8 Å². The average Bonchev–Trinajstić information content (AvgIpc) is 2.34. The van der Waals surface area contributed by atoms with Crippen LogP contribution < -0.4 is 5.32 Å². The Kier molecular flexibility index (Phi) is 5.58. The van der Waals surface area contributed by atoms with Gasteiger partial charge in [-0.15, -0.1) is 0 Å². The van der Waals surface area contributed by atoms with E-state index < -0.39 is 0 Å². The van der Waals surface area contributed by atoms with Gasteiger partial charge in [0.1, 0.15) is 0 Å². The first kappa shape index (κ1) is 14.0. The quantitative estimate of drug-likeness (QED) is 0.734. The Bertz CT molecular complexity index is 360. The van der Waals surface area contributed by atoms with Gasteiger partial charge >= 0.3 is 0 Å². The summed E-state index contributed by atoms with van der Waals surface area (Å²) in [7, 11) is 2.09.